The van der Waals surface area contributed by atoms with Gasteiger partial charge in [-0.15, -0.1) is 0 Å². The molecule has 1 amide bonds. The lowest BCUT2D eigenvalue weighted by Crippen LogP contribution is -2.30. The predicted molar refractivity (Wildman–Crippen MR) is 97.6 cm³/mol. The van der Waals surface area contributed by atoms with Gasteiger partial charge in [0.1, 0.15) is 0 Å². The van der Waals surface area contributed by atoms with Gasteiger partial charge in [0.25, 0.3) is 5.91 Å². The predicted octanol–water partition coefficient (Wildman–Crippen LogP) is 1.22. The fraction of sp³-hybridized carbons (Fsp3) is 0.294. The number of hydrogen-bond acceptors (Lipinski definition) is 7. The topological polar surface area (TPSA) is 119 Å². The molecule has 1 heterocycles. The molecule has 1 atom stereocenters. The Morgan fingerprint density at radius 1 is 1.19 bits per heavy atom. The van der Waals surface area contributed by atoms with Gasteiger partial charge in [-0.05, 0) is 32.0 Å². The molecule has 1 aromatic carbocycles. The van der Waals surface area contributed by atoms with Gasteiger partial charge >= 0.3 is 5.97 Å². The van der Waals surface area contributed by atoms with E-state index in [-0.39, 0.29) is 16.3 Å². The van der Waals surface area contributed by atoms with Crippen LogP contribution in [-0.2, 0) is 19.6 Å². The molecule has 9 nitrogen and oxygen atoms in total. The summed E-state index contributed by atoms with van der Waals surface area (Å²) in [5.41, 5.74) is 0.894. The van der Waals surface area contributed by atoms with Gasteiger partial charge in [0.2, 0.25) is 10.0 Å². The van der Waals surface area contributed by atoms with Gasteiger partial charge in [-0.1, -0.05) is 6.07 Å². The normalized spacial score (nSPS) is 12.5. The van der Waals surface area contributed by atoms with E-state index >= 15 is 0 Å². The molecule has 0 fully saturated rings. The number of aromatic nitrogens is 2. The van der Waals surface area contributed by atoms with E-state index in [1.165, 1.54) is 57.7 Å². The van der Waals surface area contributed by atoms with E-state index in [4.69, 9.17) is 4.74 Å². The Hall–Kier alpha value is -2.85. The number of sulfonamides is 1. The number of nitrogens with zero attached hydrogens (tertiary/aromatic N) is 3. The number of anilines is 1. The maximum atomic E-state index is 12.2. The summed E-state index contributed by atoms with van der Waals surface area (Å²) >= 11 is 0. The number of hydrogen-bond donors (Lipinski definition) is 1. The van der Waals surface area contributed by atoms with Crippen LogP contribution < -0.4 is 5.32 Å². The van der Waals surface area contributed by atoms with E-state index in [1.54, 1.807) is 6.92 Å². The van der Waals surface area contributed by atoms with Crippen LogP contribution in [0.3, 0.4) is 0 Å². The third-order valence-electron chi connectivity index (χ3n) is 3.52. The molecule has 2 rings (SSSR count). The van der Waals surface area contributed by atoms with E-state index in [9.17, 15) is 18.0 Å². The van der Waals surface area contributed by atoms with Gasteiger partial charge in [-0.25, -0.2) is 22.5 Å². The standard InChI is InChI=1S/C17H20N4O5S/c1-11-9-19-15(10-18-11)17(23)26-12(2)16(22)20-13-6-5-7-14(8-13)27(24,25)21(3)4/h5-10,12H,1-4H3,(H,20,22)/t12-/m1/s1. The fourth-order valence-corrected chi connectivity index (χ4v) is 2.91. The van der Waals surface area contributed by atoms with Gasteiger partial charge in [-0.3, -0.25) is 9.78 Å². The highest BCUT2D eigenvalue weighted by atomic mass is 32.2. The van der Waals surface area contributed by atoms with Crippen LogP contribution in [-0.4, -0.2) is 54.8 Å². The monoisotopic (exact) mass is 392 g/mol. The van der Waals surface area contributed by atoms with Crippen molar-refractivity contribution in [3.8, 4) is 0 Å². The summed E-state index contributed by atoms with van der Waals surface area (Å²) in [5, 5.41) is 2.52. The first-order valence-electron chi connectivity index (χ1n) is 7.94. The number of ether oxygens (including phenoxy) is 1. The van der Waals surface area contributed by atoms with Crippen molar-refractivity contribution < 1.29 is 22.7 Å². The van der Waals surface area contributed by atoms with Gasteiger partial charge in [0.15, 0.2) is 11.8 Å². The second-order valence-electron chi connectivity index (χ2n) is 5.90. The first-order chi connectivity index (χ1) is 12.6. The zero-order valence-electron chi connectivity index (χ0n) is 15.3. The number of rotatable bonds is 6. The quantitative estimate of drug-likeness (QED) is 0.734. The number of carbonyl (C=O) groups is 2. The molecule has 0 saturated carbocycles. The summed E-state index contributed by atoms with van der Waals surface area (Å²) in [6.45, 7) is 3.12. The van der Waals surface area contributed by atoms with Crippen molar-refractivity contribution in [2.75, 3.05) is 19.4 Å². The first kappa shape index (κ1) is 20.5. The Kier molecular flexibility index (Phi) is 6.24. The molecule has 1 aromatic heterocycles. The lowest BCUT2D eigenvalue weighted by molar-refractivity contribution is -0.123. The van der Waals surface area contributed by atoms with Crippen molar-refractivity contribution in [2.24, 2.45) is 0 Å². The summed E-state index contributed by atoms with van der Waals surface area (Å²) in [7, 11) is -0.807. The third kappa shape index (κ3) is 5.08. The van der Waals surface area contributed by atoms with Gasteiger partial charge in [-0.2, -0.15) is 0 Å². The number of nitrogens with one attached hydrogen (secondary N) is 1. The van der Waals surface area contributed by atoms with Crippen LogP contribution in [0, 0.1) is 6.92 Å². The first-order valence-corrected chi connectivity index (χ1v) is 9.38. The van der Waals surface area contributed by atoms with Crippen molar-refractivity contribution in [2.45, 2.75) is 24.8 Å². The van der Waals surface area contributed by atoms with E-state index < -0.39 is 28.0 Å². The van der Waals surface area contributed by atoms with E-state index in [1.807, 2.05) is 0 Å². The summed E-state index contributed by atoms with van der Waals surface area (Å²) in [4.78, 5) is 32.1. The number of benzene rings is 1. The number of aryl methyl sites for hydroxylation is 1. The summed E-state index contributed by atoms with van der Waals surface area (Å²) in [6, 6.07) is 5.79. The molecule has 10 heteroatoms. The minimum absolute atomic E-state index is 0.0145. The highest BCUT2D eigenvalue weighted by Gasteiger charge is 2.21. The SMILES string of the molecule is Cc1cnc(C(=O)O[C@H](C)C(=O)Nc2cccc(S(=O)(=O)N(C)C)c2)cn1. The Morgan fingerprint density at radius 3 is 2.48 bits per heavy atom. The zero-order valence-corrected chi connectivity index (χ0v) is 16.1. The maximum Gasteiger partial charge on any atom is 0.359 e. The lowest BCUT2D eigenvalue weighted by atomic mass is 10.3. The van der Waals surface area contributed by atoms with Gasteiger partial charge < -0.3 is 10.1 Å². The Morgan fingerprint density at radius 2 is 1.89 bits per heavy atom. The minimum atomic E-state index is -3.63. The van der Waals surface area contributed by atoms with Gasteiger partial charge in [0.05, 0.1) is 16.8 Å². The molecular formula is C17H20N4O5S. The van der Waals surface area contributed by atoms with Crippen molar-refractivity contribution in [3.63, 3.8) is 0 Å². The fourth-order valence-electron chi connectivity index (χ4n) is 1.96. The molecular weight excluding hydrogens is 372 g/mol. The lowest BCUT2D eigenvalue weighted by Gasteiger charge is -2.15. The third-order valence-corrected chi connectivity index (χ3v) is 5.33. The van der Waals surface area contributed by atoms with Crippen LogP contribution in [0.1, 0.15) is 23.1 Å². The Labute approximate surface area is 157 Å². The molecule has 144 valence electrons. The Bertz CT molecular complexity index is 942. The molecule has 0 bridgehead atoms. The highest BCUT2D eigenvalue weighted by Crippen LogP contribution is 2.18. The van der Waals surface area contributed by atoms with Crippen molar-refractivity contribution in [3.05, 3.63) is 48.0 Å². The molecule has 0 aliphatic rings. The van der Waals surface area contributed by atoms with Gasteiger partial charge in [0, 0.05) is 26.0 Å². The molecule has 0 spiro atoms. The number of carbonyl (C=O) groups excluding carboxylic acids is 2. The second kappa shape index (κ2) is 8.23. The van der Waals surface area contributed by atoms with Crippen LogP contribution in [0.2, 0.25) is 0 Å². The smallest absolute Gasteiger partial charge is 0.359 e. The molecule has 0 saturated heterocycles. The highest BCUT2D eigenvalue weighted by molar-refractivity contribution is 7.89. The van der Waals surface area contributed by atoms with Crippen LogP contribution in [0.5, 0.6) is 0 Å². The minimum Gasteiger partial charge on any atom is -0.448 e. The summed E-state index contributed by atoms with van der Waals surface area (Å²) in [6.07, 6.45) is 1.56. The van der Waals surface area contributed by atoms with Crippen LogP contribution in [0.4, 0.5) is 5.69 Å². The molecule has 27 heavy (non-hydrogen) atoms. The van der Waals surface area contributed by atoms with Crippen molar-refractivity contribution in [1.82, 2.24) is 14.3 Å². The second-order valence-corrected chi connectivity index (χ2v) is 8.05. The average molecular weight is 392 g/mol. The summed E-state index contributed by atoms with van der Waals surface area (Å²) < 4.78 is 30.5. The number of esters is 1. The molecule has 1 N–H and O–H groups in total. The van der Waals surface area contributed by atoms with Crippen LogP contribution in [0.15, 0.2) is 41.6 Å². The summed E-state index contributed by atoms with van der Waals surface area (Å²) in [5.74, 6) is -1.39. The van der Waals surface area contributed by atoms with Crippen LogP contribution >= 0.6 is 0 Å². The average Bonchev–Trinajstić information content (AvgIpc) is 2.62. The van der Waals surface area contributed by atoms with E-state index in [2.05, 4.69) is 15.3 Å². The van der Waals surface area contributed by atoms with Crippen molar-refractivity contribution >= 4 is 27.6 Å². The van der Waals surface area contributed by atoms with E-state index in [0.29, 0.717) is 5.69 Å². The molecule has 0 unspecified atom stereocenters. The molecule has 0 radical (unpaired) electrons. The van der Waals surface area contributed by atoms with Crippen molar-refractivity contribution in [1.29, 1.82) is 0 Å². The van der Waals surface area contributed by atoms with Crippen LogP contribution in [0.25, 0.3) is 0 Å². The zero-order chi connectivity index (χ0) is 20.2. The molecule has 0 aliphatic carbocycles. The maximum absolute atomic E-state index is 12.2. The largest absolute Gasteiger partial charge is 0.448 e. The molecule has 2 aromatic rings. The number of amides is 1. The van der Waals surface area contributed by atoms with E-state index in [0.717, 1.165) is 4.31 Å². The Balaban J connectivity index is 2.06. The molecule has 0 aliphatic heterocycles.